The summed E-state index contributed by atoms with van der Waals surface area (Å²) in [7, 11) is 2.07. The molecule has 2 aromatic rings. The molecule has 0 saturated carbocycles. The van der Waals surface area contributed by atoms with Gasteiger partial charge in [0.05, 0.1) is 30.2 Å². The number of fused-ring (bicyclic) bond motifs is 1. The quantitative estimate of drug-likeness (QED) is 0.811. The molecule has 0 bridgehead atoms. The van der Waals surface area contributed by atoms with Crippen LogP contribution in [-0.4, -0.2) is 33.6 Å². The lowest BCUT2D eigenvalue weighted by Gasteiger charge is -2.29. The van der Waals surface area contributed by atoms with E-state index in [0.717, 1.165) is 34.9 Å². The fraction of sp³-hybridized carbons (Fsp3) is 0.278. The SMILES string of the molecule is C=CCN1c2cnc(-c3cnc(C)nc3)cc2C(C(=C)C)N1C. The number of likely N-dealkylation sites (N-methyl/N-ethyl adjacent to an activating group) is 1. The Kier molecular flexibility index (Phi) is 3.96. The minimum atomic E-state index is 0.137. The highest BCUT2D eigenvalue weighted by Gasteiger charge is 2.34. The predicted molar refractivity (Wildman–Crippen MR) is 92.9 cm³/mol. The van der Waals surface area contributed by atoms with E-state index in [0.29, 0.717) is 0 Å². The van der Waals surface area contributed by atoms with E-state index in [9.17, 15) is 0 Å². The number of anilines is 1. The number of hydrogen-bond donors (Lipinski definition) is 0. The monoisotopic (exact) mass is 307 g/mol. The minimum Gasteiger partial charge on any atom is -0.299 e. The van der Waals surface area contributed by atoms with Gasteiger partial charge in [-0.2, -0.15) is 0 Å². The summed E-state index contributed by atoms with van der Waals surface area (Å²) in [6, 6.07) is 2.25. The Bertz CT molecular complexity index is 751. The molecule has 118 valence electrons. The Balaban J connectivity index is 2.09. The fourth-order valence-corrected chi connectivity index (χ4v) is 3.03. The molecule has 1 unspecified atom stereocenters. The zero-order valence-electron chi connectivity index (χ0n) is 13.8. The van der Waals surface area contributed by atoms with Crippen LogP contribution in [-0.2, 0) is 0 Å². The summed E-state index contributed by atoms with van der Waals surface area (Å²) in [6.45, 7) is 12.7. The minimum absolute atomic E-state index is 0.137. The molecule has 3 heterocycles. The summed E-state index contributed by atoms with van der Waals surface area (Å²) in [5, 5.41) is 4.36. The third-order valence-electron chi connectivity index (χ3n) is 4.09. The predicted octanol–water partition coefficient (Wildman–Crippen LogP) is 3.32. The van der Waals surface area contributed by atoms with Gasteiger partial charge in [-0.25, -0.2) is 15.0 Å². The van der Waals surface area contributed by atoms with E-state index in [4.69, 9.17) is 0 Å². The molecule has 3 rings (SSSR count). The van der Waals surface area contributed by atoms with Gasteiger partial charge in [-0.3, -0.25) is 9.99 Å². The molecule has 1 atom stereocenters. The van der Waals surface area contributed by atoms with Crippen LogP contribution in [0.5, 0.6) is 0 Å². The molecule has 0 radical (unpaired) electrons. The van der Waals surface area contributed by atoms with Crippen LogP contribution < -0.4 is 5.01 Å². The van der Waals surface area contributed by atoms with Gasteiger partial charge < -0.3 is 0 Å². The molecule has 0 N–H and O–H groups in total. The third-order valence-corrected chi connectivity index (χ3v) is 4.09. The molecule has 0 saturated heterocycles. The molecule has 5 nitrogen and oxygen atoms in total. The molecule has 0 aromatic carbocycles. The molecule has 2 aromatic heterocycles. The first kappa shape index (κ1) is 15.4. The van der Waals surface area contributed by atoms with Gasteiger partial charge in [-0.05, 0) is 19.9 Å². The number of hydrazine groups is 1. The van der Waals surface area contributed by atoms with E-state index < -0.39 is 0 Å². The molecule has 0 aliphatic carbocycles. The highest BCUT2D eigenvalue weighted by molar-refractivity contribution is 5.67. The van der Waals surface area contributed by atoms with E-state index in [1.165, 1.54) is 5.56 Å². The molecule has 23 heavy (non-hydrogen) atoms. The summed E-state index contributed by atoms with van der Waals surface area (Å²) in [5.41, 5.74) is 5.19. The number of aromatic nitrogens is 3. The van der Waals surface area contributed by atoms with Gasteiger partial charge in [0.2, 0.25) is 0 Å². The largest absolute Gasteiger partial charge is 0.299 e. The van der Waals surface area contributed by atoms with Crippen molar-refractivity contribution in [1.82, 2.24) is 20.0 Å². The maximum Gasteiger partial charge on any atom is 0.125 e. The van der Waals surface area contributed by atoms with E-state index in [-0.39, 0.29) is 6.04 Å². The molecule has 0 fully saturated rings. The van der Waals surface area contributed by atoms with E-state index in [1.807, 2.05) is 31.6 Å². The Hall–Kier alpha value is -2.53. The lowest BCUT2D eigenvalue weighted by molar-refractivity contribution is 0.285. The summed E-state index contributed by atoms with van der Waals surface area (Å²) in [4.78, 5) is 13.1. The van der Waals surface area contributed by atoms with E-state index in [1.54, 1.807) is 0 Å². The molecule has 5 heteroatoms. The Morgan fingerprint density at radius 3 is 2.57 bits per heavy atom. The molecule has 0 amide bonds. The second kappa shape index (κ2) is 5.93. The van der Waals surface area contributed by atoms with Gasteiger partial charge >= 0.3 is 0 Å². The number of nitrogens with zero attached hydrogens (tertiary/aromatic N) is 5. The second-order valence-electron chi connectivity index (χ2n) is 5.84. The molecule has 1 aliphatic heterocycles. The van der Waals surface area contributed by atoms with E-state index >= 15 is 0 Å². The number of hydrogen-bond acceptors (Lipinski definition) is 5. The van der Waals surface area contributed by atoms with Gasteiger partial charge in [0.15, 0.2) is 0 Å². The zero-order valence-corrected chi connectivity index (χ0v) is 13.8. The van der Waals surface area contributed by atoms with Gasteiger partial charge in [0.25, 0.3) is 0 Å². The van der Waals surface area contributed by atoms with Gasteiger partial charge in [0.1, 0.15) is 5.82 Å². The van der Waals surface area contributed by atoms with Crippen molar-refractivity contribution in [2.24, 2.45) is 0 Å². The summed E-state index contributed by atoms with van der Waals surface area (Å²) < 4.78 is 0. The lowest BCUT2D eigenvalue weighted by Crippen LogP contribution is -2.37. The fourth-order valence-electron chi connectivity index (χ4n) is 3.03. The number of pyridine rings is 1. The smallest absolute Gasteiger partial charge is 0.125 e. The maximum absolute atomic E-state index is 4.60. The Labute approximate surface area is 137 Å². The van der Waals surface area contributed by atoms with Gasteiger partial charge in [-0.15, -0.1) is 6.58 Å². The summed E-state index contributed by atoms with van der Waals surface area (Å²) >= 11 is 0. The first-order valence-electron chi connectivity index (χ1n) is 7.58. The standard InChI is InChI=1S/C18H21N5/c1-6-7-23-17-11-21-16(14-9-19-13(4)20-10-14)8-15(17)18(12(2)3)22(23)5/h6,8-11,18H,1-2,7H2,3-5H3. The van der Waals surface area contributed by atoms with Crippen LogP contribution in [0.2, 0.25) is 0 Å². The lowest BCUT2D eigenvalue weighted by atomic mass is 10.0. The van der Waals surface area contributed by atoms with Crippen LogP contribution in [0.15, 0.2) is 49.5 Å². The first-order chi connectivity index (χ1) is 11.0. The van der Waals surface area contributed by atoms with Crippen molar-refractivity contribution in [1.29, 1.82) is 0 Å². The normalized spacial score (nSPS) is 17.2. The summed E-state index contributed by atoms with van der Waals surface area (Å²) in [5.74, 6) is 0.756. The van der Waals surface area contributed by atoms with Crippen LogP contribution in [0.3, 0.4) is 0 Å². The van der Waals surface area contributed by atoms with Crippen molar-refractivity contribution >= 4 is 5.69 Å². The second-order valence-corrected chi connectivity index (χ2v) is 5.84. The van der Waals surface area contributed by atoms with Gasteiger partial charge in [-0.1, -0.05) is 18.2 Å². The molecular formula is C18H21N5. The molecule has 0 spiro atoms. The summed E-state index contributed by atoms with van der Waals surface area (Å²) in [6.07, 6.45) is 7.43. The zero-order chi connectivity index (χ0) is 16.6. The van der Waals surface area contributed by atoms with Crippen LogP contribution in [0.25, 0.3) is 11.3 Å². The average molecular weight is 307 g/mol. The Morgan fingerprint density at radius 1 is 1.26 bits per heavy atom. The van der Waals surface area contributed by atoms with Crippen molar-refractivity contribution in [2.75, 3.05) is 18.6 Å². The number of aryl methyl sites for hydroxylation is 1. The van der Waals surface area contributed by atoms with Crippen molar-refractivity contribution in [3.05, 3.63) is 60.9 Å². The van der Waals surface area contributed by atoms with Crippen LogP contribution in [0, 0.1) is 6.92 Å². The highest BCUT2D eigenvalue weighted by Crippen LogP contribution is 2.42. The van der Waals surface area contributed by atoms with Crippen molar-refractivity contribution in [3.63, 3.8) is 0 Å². The van der Waals surface area contributed by atoms with Crippen LogP contribution in [0.4, 0.5) is 5.69 Å². The van der Waals surface area contributed by atoms with Crippen LogP contribution >= 0.6 is 0 Å². The Morgan fingerprint density at radius 2 is 1.96 bits per heavy atom. The van der Waals surface area contributed by atoms with Gasteiger partial charge in [0, 0.05) is 30.6 Å². The van der Waals surface area contributed by atoms with Crippen molar-refractivity contribution in [2.45, 2.75) is 19.9 Å². The van der Waals surface area contributed by atoms with Crippen LogP contribution in [0.1, 0.15) is 24.4 Å². The topological polar surface area (TPSA) is 45.2 Å². The van der Waals surface area contributed by atoms with Crippen molar-refractivity contribution < 1.29 is 0 Å². The highest BCUT2D eigenvalue weighted by atomic mass is 15.6. The van der Waals surface area contributed by atoms with E-state index in [2.05, 4.69) is 58.2 Å². The number of rotatable bonds is 4. The molecule has 1 aliphatic rings. The van der Waals surface area contributed by atoms with Crippen molar-refractivity contribution in [3.8, 4) is 11.3 Å². The first-order valence-corrected chi connectivity index (χ1v) is 7.58. The average Bonchev–Trinajstić information content (AvgIpc) is 2.80. The maximum atomic E-state index is 4.60. The molecular weight excluding hydrogens is 286 g/mol. The third kappa shape index (κ3) is 2.64.